The predicted molar refractivity (Wildman–Crippen MR) is 123 cm³/mol. The van der Waals surface area contributed by atoms with Crippen molar-refractivity contribution in [2.24, 2.45) is 0 Å². The van der Waals surface area contributed by atoms with E-state index in [-0.39, 0.29) is 11.7 Å². The molecule has 3 aromatic carbocycles. The Bertz CT molecular complexity index is 1270. The average molecular weight is 464 g/mol. The van der Waals surface area contributed by atoms with Crippen LogP contribution in [0.25, 0.3) is 11.3 Å². The molecule has 9 heteroatoms. The molecular formula is C25H19F3N4O2. The van der Waals surface area contributed by atoms with Crippen LogP contribution < -0.4 is 15.4 Å². The van der Waals surface area contributed by atoms with Crippen molar-refractivity contribution in [1.82, 2.24) is 9.97 Å². The summed E-state index contributed by atoms with van der Waals surface area (Å²) in [5.74, 6) is -0.0462. The molecule has 0 atom stereocenters. The van der Waals surface area contributed by atoms with Gasteiger partial charge < -0.3 is 15.4 Å². The van der Waals surface area contributed by atoms with Gasteiger partial charge in [0.05, 0.1) is 5.69 Å². The molecule has 0 saturated carbocycles. The molecule has 2 N–H and O–H groups in total. The molecule has 0 aliphatic carbocycles. The molecule has 0 spiro atoms. The van der Waals surface area contributed by atoms with Gasteiger partial charge in [-0.2, -0.15) is 0 Å². The number of anilines is 3. The summed E-state index contributed by atoms with van der Waals surface area (Å²) in [5, 5.41) is 5.87. The summed E-state index contributed by atoms with van der Waals surface area (Å²) in [6.07, 6.45) is -3.36. The number of ether oxygens (including phenoxy) is 1. The fraction of sp³-hybridized carbons (Fsp3) is 0.0800. The van der Waals surface area contributed by atoms with Crippen molar-refractivity contribution in [3.05, 3.63) is 96.3 Å². The van der Waals surface area contributed by atoms with E-state index in [0.29, 0.717) is 28.5 Å². The molecule has 4 aromatic rings. The number of carbonyl (C=O) groups excluding carboxylic acids is 1. The second-order valence-electron chi connectivity index (χ2n) is 7.38. The van der Waals surface area contributed by atoms with Gasteiger partial charge in [0.15, 0.2) is 0 Å². The van der Waals surface area contributed by atoms with E-state index in [0.717, 1.165) is 11.1 Å². The van der Waals surface area contributed by atoms with E-state index in [1.165, 1.54) is 30.6 Å². The largest absolute Gasteiger partial charge is 0.573 e. The Morgan fingerprint density at radius 1 is 0.853 bits per heavy atom. The number of rotatable bonds is 6. The monoisotopic (exact) mass is 464 g/mol. The highest BCUT2D eigenvalue weighted by atomic mass is 19.4. The van der Waals surface area contributed by atoms with Crippen LogP contribution in [0.3, 0.4) is 0 Å². The van der Waals surface area contributed by atoms with Crippen LogP contribution in [-0.2, 0) is 0 Å². The standard InChI is InChI=1S/C25H19F3N4O2/c1-16-2-4-18(5-3-16)24(33)32-20-8-6-17(7-9-20)22-14-23(30-15-29-22)31-19-10-12-21(13-11-19)34-25(26,27)28/h2-15H,1H3,(H,32,33)(H,29,30,31). The van der Waals surface area contributed by atoms with E-state index >= 15 is 0 Å². The van der Waals surface area contributed by atoms with Crippen LogP contribution in [0.5, 0.6) is 5.75 Å². The van der Waals surface area contributed by atoms with Crippen LogP contribution >= 0.6 is 0 Å². The number of hydrogen-bond acceptors (Lipinski definition) is 5. The topological polar surface area (TPSA) is 76.1 Å². The van der Waals surface area contributed by atoms with E-state index in [4.69, 9.17) is 0 Å². The van der Waals surface area contributed by atoms with Crippen molar-refractivity contribution in [2.75, 3.05) is 10.6 Å². The first-order chi connectivity index (χ1) is 16.2. The third kappa shape index (κ3) is 6.10. The van der Waals surface area contributed by atoms with E-state index < -0.39 is 6.36 Å². The van der Waals surface area contributed by atoms with Crippen molar-refractivity contribution in [3.8, 4) is 17.0 Å². The fourth-order valence-corrected chi connectivity index (χ4v) is 3.10. The normalized spacial score (nSPS) is 11.1. The first kappa shape index (κ1) is 22.8. The maximum absolute atomic E-state index is 12.4. The van der Waals surface area contributed by atoms with Crippen LogP contribution in [0, 0.1) is 6.92 Å². The molecule has 0 aliphatic heterocycles. The van der Waals surface area contributed by atoms with Crippen molar-refractivity contribution in [2.45, 2.75) is 13.3 Å². The molecule has 1 aromatic heterocycles. The van der Waals surface area contributed by atoms with Crippen LogP contribution in [0.1, 0.15) is 15.9 Å². The van der Waals surface area contributed by atoms with E-state index in [9.17, 15) is 18.0 Å². The Morgan fingerprint density at radius 2 is 1.50 bits per heavy atom. The van der Waals surface area contributed by atoms with E-state index in [1.54, 1.807) is 30.3 Å². The quantitative estimate of drug-likeness (QED) is 0.348. The number of halogens is 3. The van der Waals surface area contributed by atoms with Gasteiger partial charge in [0.1, 0.15) is 17.9 Å². The Morgan fingerprint density at radius 3 is 2.15 bits per heavy atom. The summed E-state index contributed by atoms with van der Waals surface area (Å²) in [7, 11) is 0. The Hall–Kier alpha value is -4.40. The molecule has 0 fully saturated rings. The highest BCUT2D eigenvalue weighted by molar-refractivity contribution is 6.04. The van der Waals surface area contributed by atoms with Gasteiger partial charge in [-0.05, 0) is 55.5 Å². The van der Waals surface area contributed by atoms with Crippen molar-refractivity contribution in [3.63, 3.8) is 0 Å². The molecule has 0 saturated heterocycles. The van der Waals surface area contributed by atoms with Gasteiger partial charge in [-0.3, -0.25) is 4.79 Å². The van der Waals surface area contributed by atoms with Gasteiger partial charge in [0.25, 0.3) is 5.91 Å². The maximum atomic E-state index is 12.4. The number of carbonyl (C=O) groups is 1. The van der Waals surface area contributed by atoms with Gasteiger partial charge in [-0.1, -0.05) is 29.8 Å². The molecule has 0 radical (unpaired) electrons. The number of aromatic nitrogens is 2. The molecule has 1 heterocycles. The lowest BCUT2D eigenvalue weighted by molar-refractivity contribution is -0.274. The fourth-order valence-electron chi connectivity index (χ4n) is 3.10. The summed E-state index contributed by atoms with van der Waals surface area (Å²) < 4.78 is 40.8. The smallest absolute Gasteiger partial charge is 0.406 e. The molecule has 1 amide bonds. The maximum Gasteiger partial charge on any atom is 0.573 e. The van der Waals surface area contributed by atoms with Crippen LogP contribution in [0.2, 0.25) is 0 Å². The summed E-state index contributed by atoms with van der Waals surface area (Å²) in [5.41, 5.74) is 4.25. The summed E-state index contributed by atoms with van der Waals surface area (Å²) in [6, 6.07) is 21.5. The predicted octanol–water partition coefficient (Wildman–Crippen LogP) is 6.35. The van der Waals surface area contributed by atoms with Crippen molar-refractivity contribution in [1.29, 1.82) is 0 Å². The number of alkyl halides is 3. The molecular weight excluding hydrogens is 445 g/mol. The lowest BCUT2D eigenvalue weighted by Crippen LogP contribution is -2.16. The minimum Gasteiger partial charge on any atom is -0.406 e. The average Bonchev–Trinajstić information content (AvgIpc) is 2.80. The number of hydrogen-bond donors (Lipinski definition) is 2. The number of amides is 1. The number of nitrogens with zero attached hydrogens (tertiary/aromatic N) is 2. The molecule has 0 aliphatic rings. The molecule has 0 bridgehead atoms. The summed E-state index contributed by atoms with van der Waals surface area (Å²) >= 11 is 0. The minimum atomic E-state index is -4.74. The Balaban J connectivity index is 1.42. The highest BCUT2D eigenvalue weighted by Crippen LogP contribution is 2.26. The minimum absolute atomic E-state index is 0.201. The van der Waals surface area contributed by atoms with E-state index in [1.807, 2.05) is 31.2 Å². The van der Waals surface area contributed by atoms with Crippen LogP contribution in [-0.4, -0.2) is 22.2 Å². The highest BCUT2D eigenvalue weighted by Gasteiger charge is 2.30. The van der Waals surface area contributed by atoms with Gasteiger partial charge in [0, 0.05) is 28.6 Å². The Labute approximate surface area is 193 Å². The zero-order valence-electron chi connectivity index (χ0n) is 17.9. The summed E-state index contributed by atoms with van der Waals surface area (Å²) in [6.45, 7) is 1.96. The van der Waals surface area contributed by atoms with Gasteiger partial charge in [-0.15, -0.1) is 13.2 Å². The first-order valence-electron chi connectivity index (χ1n) is 10.2. The Kier molecular flexibility index (Phi) is 6.44. The van der Waals surface area contributed by atoms with E-state index in [2.05, 4.69) is 25.3 Å². The molecule has 4 rings (SSSR count). The molecule has 34 heavy (non-hydrogen) atoms. The van der Waals surface area contributed by atoms with Gasteiger partial charge >= 0.3 is 6.36 Å². The first-order valence-corrected chi connectivity index (χ1v) is 10.2. The van der Waals surface area contributed by atoms with Crippen molar-refractivity contribution < 1.29 is 22.7 Å². The second kappa shape index (κ2) is 9.62. The summed E-state index contributed by atoms with van der Waals surface area (Å²) in [4.78, 5) is 20.8. The molecule has 172 valence electrons. The zero-order chi connectivity index (χ0) is 24.1. The molecule has 6 nitrogen and oxygen atoms in total. The number of nitrogens with one attached hydrogen (secondary N) is 2. The van der Waals surface area contributed by atoms with Gasteiger partial charge in [-0.25, -0.2) is 9.97 Å². The van der Waals surface area contributed by atoms with Crippen LogP contribution in [0.4, 0.5) is 30.4 Å². The van der Waals surface area contributed by atoms with Crippen LogP contribution in [0.15, 0.2) is 85.2 Å². The number of aryl methyl sites for hydroxylation is 1. The molecule has 0 unspecified atom stereocenters. The SMILES string of the molecule is Cc1ccc(C(=O)Nc2ccc(-c3cc(Nc4ccc(OC(F)(F)F)cc4)ncn3)cc2)cc1. The number of benzene rings is 3. The van der Waals surface area contributed by atoms with Gasteiger partial charge in [0.2, 0.25) is 0 Å². The third-order valence-corrected chi connectivity index (χ3v) is 4.78. The third-order valence-electron chi connectivity index (χ3n) is 4.78. The second-order valence-corrected chi connectivity index (χ2v) is 7.38. The van der Waals surface area contributed by atoms with Crippen molar-refractivity contribution >= 4 is 23.1 Å². The zero-order valence-corrected chi connectivity index (χ0v) is 17.9. The lowest BCUT2D eigenvalue weighted by atomic mass is 10.1. The lowest BCUT2D eigenvalue weighted by Gasteiger charge is -2.11.